The second-order valence-corrected chi connectivity index (χ2v) is 6.10. The summed E-state index contributed by atoms with van der Waals surface area (Å²) in [6.45, 7) is 3.04. The molecule has 0 heterocycles. The molecule has 6 heteroatoms. The second kappa shape index (κ2) is 6.87. The molecule has 1 rings (SSSR count). The molecule has 0 radical (unpaired) electrons. The van der Waals surface area contributed by atoms with Crippen molar-refractivity contribution < 1.29 is 14.7 Å². The average molecular weight is 274 g/mol. The molecule has 18 heavy (non-hydrogen) atoms. The van der Waals surface area contributed by atoms with E-state index in [0.717, 1.165) is 19.3 Å². The van der Waals surface area contributed by atoms with E-state index in [1.165, 1.54) is 0 Å². The predicted octanol–water partition coefficient (Wildman–Crippen LogP) is 1.68. The molecule has 0 spiro atoms. The van der Waals surface area contributed by atoms with E-state index in [2.05, 4.69) is 16.9 Å². The number of carboxylic acid groups (broad SMARTS) is 1. The lowest BCUT2D eigenvalue weighted by Crippen LogP contribution is -2.41. The molecule has 1 aliphatic carbocycles. The number of thioether (sulfide) groups is 1. The number of rotatable bonds is 8. The third-order valence-corrected chi connectivity index (χ3v) is 4.82. The van der Waals surface area contributed by atoms with Gasteiger partial charge in [-0.05, 0) is 25.0 Å². The van der Waals surface area contributed by atoms with Crippen LogP contribution in [0.2, 0.25) is 0 Å². The first-order chi connectivity index (χ1) is 8.51. The monoisotopic (exact) mass is 274 g/mol. The normalized spacial score (nSPS) is 17.9. The van der Waals surface area contributed by atoms with E-state index < -0.39 is 5.97 Å². The number of aliphatic carboxylic acids is 1. The van der Waals surface area contributed by atoms with Crippen molar-refractivity contribution in [3.63, 3.8) is 0 Å². The van der Waals surface area contributed by atoms with Crippen LogP contribution in [-0.4, -0.2) is 41.2 Å². The number of carboxylic acids is 1. The molecular formula is C12H22N2O3S. The van der Waals surface area contributed by atoms with Crippen molar-refractivity contribution in [1.29, 1.82) is 0 Å². The maximum absolute atomic E-state index is 11.6. The van der Waals surface area contributed by atoms with E-state index in [1.807, 2.05) is 6.92 Å². The quantitative estimate of drug-likeness (QED) is 0.629. The van der Waals surface area contributed by atoms with Gasteiger partial charge in [0.1, 0.15) is 0 Å². The van der Waals surface area contributed by atoms with Crippen molar-refractivity contribution >= 4 is 23.8 Å². The minimum atomic E-state index is -0.816. The van der Waals surface area contributed by atoms with Gasteiger partial charge in [0.15, 0.2) is 0 Å². The number of hydrogen-bond acceptors (Lipinski definition) is 3. The third kappa shape index (κ3) is 5.16. The zero-order valence-electron chi connectivity index (χ0n) is 11.0. The van der Waals surface area contributed by atoms with Gasteiger partial charge in [-0.1, -0.05) is 13.3 Å². The largest absolute Gasteiger partial charge is 0.481 e. The molecule has 2 amide bonds. The topological polar surface area (TPSA) is 78.4 Å². The number of urea groups is 1. The van der Waals surface area contributed by atoms with Gasteiger partial charge in [-0.3, -0.25) is 4.79 Å². The Labute approximate surface area is 112 Å². The summed E-state index contributed by atoms with van der Waals surface area (Å²) in [6.07, 6.45) is 5.23. The third-order valence-electron chi connectivity index (χ3n) is 3.40. The van der Waals surface area contributed by atoms with E-state index >= 15 is 0 Å². The van der Waals surface area contributed by atoms with E-state index in [9.17, 15) is 9.59 Å². The van der Waals surface area contributed by atoms with Gasteiger partial charge in [0.2, 0.25) is 0 Å². The molecule has 1 saturated carbocycles. The lowest BCUT2D eigenvalue weighted by molar-refractivity contribution is -0.138. The average Bonchev–Trinajstić information content (AvgIpc) is 3.12. The van der Waals surface area contributed by atoms with E-state index in [-0.39, 0.29) is 23.1 Å². The maximum atomic E-state index is 11.6. The van der Waals surface area contributed by atoms with Crippen molar-refractivity contribution in [3.05, 3.63) is 0 Å². The zero-order valence-corrected chi connectivity index (χ0v) is 11.8. The van der Waals surface area contributed by atoms with Crippen LogP contribution in [0.4, 0.5) is 4.79 Å². The lowest BCUT2D eigenvalue weighted by Gasteiger charge is -2.16. The highest BCUT2D eigenvalue weighted by molar-refractivity contribution is 8.00. The molecule has 0 aromatic rings. The van der Waals surface area contributed by atoms with Gasteiger partial charge in [-0.25, -0.2) is 4.79 Å². The zero-order chi connectivity index (χ0) is 13.6. The van der Waals surface area contributed by atoms with Crippen LogP contribution in [0.1, 0.15) is 32.6 Å². The van der Waals surface area contributed by atoms with E-state index in [4.69, 9.17) is 5.11 Å². The Morgan fingerprint density at radius 2 is 2.06 bits per heavy atom. The molecule has 1 aliphatic rings. The van der Waals surface area contributed by atoms with Gasteiger partial charge in [-0.15, -0.1) is 0 Å². The van der Waals surface area contributed by atoms with Crippen LogP contribution in [0.3, 0.4) is 0 Å². The highest BCUT2D eigenvalue weighted by Crippen LogP contribution is 2.46. The standard InChI is InChI=1S/C12H22N2O3S/c1-3-9(6-10(15)16)7-13-11(17)14-8-12(18-2)4-5-12/h9H,3-8H2,1-2H3,(H,15,16)(H2,13,14,17). The van der Waals surface area contributed by atoms with Crippen LogP contribution in [0.5, 0.6) is 0 Å². The van der Waals surface area contributed by atoms with E-state index in [1.54, 1.807) is 11.8 Å². The molecule has 0 bridgehead atoms. The van der Waals surface area contributed by atoms with Crippen molar-refractivity contribution in [1.82, 2.24) is 10.6 Å². The fourth-order valence-electron chi connectivity index (χ4n) is 1.74. The summed E-state index contributed by atoms with van der Waals surface area (Å²) in [7, 11) is 0. The summed E-state index contributed by atoms with van der Waals surface area (Å²) >= 11 is 1.80. The molecule has 3 N–H and O–H groups in total. The summed E-state index contributed by atoms with van der Waals surface area (Å²) in [5, 5.41) is 14.3. The summed E-state index contributed by atoms with van der Waals surface area (Å²) in [5.41, 5.74) is 0. The number of carbonyl (C=O) groups is 2. The highest BCUT2D eigenvalue weighted by atomic mass is 32.2. The molecule has 0 aromatic carbocycles. The molecule has 5 nitrogen and oxygen atoms in total. The number of amides is 2. The van der Waals surface area contributed by atoms with Gasteiger partial charge in [0.25, 0.3) is 0 Å². The predicted molar refractivity (Wildman–Crippen MR) is 72.9 cm³/mol. The number of hydrogen-bond donors (Lipinski definition) is 3. The lowest BCUT2D eigenvalue weighted by atomic mass is 10.0. The van der Waals surface area contributed by atoms with Crippen molar-refractivity contribution in [3.8, 4) is 0 Å². The molecule has 1 fully saturated rings. The second-order valence-electron chi connectivity index (χ2n) is 4.82. The minimum absolute atomic E-state index is 0.00341. The smallest absolute Gasteiger partial charge is 0.314 e. The fraction of sp³-hybridized carbons (Fsp3) is 0.833. The first kappa shape index (κ1) is 15.1. The molecule has 1 unspecified atom stereocenters. The minimum Gasteiger partial charge on any atom is -0.481 e. The number of nitrogens with one attached hydrogen (secondary N) is 2. The molecule has 0 saturated heterocycles. The molecular weight excluding hydrogens is 252 g/mol. The summed E-state index contributed by atoms with van der Waals surface area (Å²) < 4.78 is 0.253. The SMILES string of the molecule is CCC(CNC(=O)NCC1(SC)CC1)CC(=O)O. The Morgan fingerprint density at radius 3 is 2.50 bits per heavy atom. The van der Waals surface area contributed by atoms with Gasteiger partial charge >= 0.3 is 12.0 Å². The maximum Gasteiger partial charge on any atom is 0.314 e. The molecule has 0 aromatic heterocycles. The van der Waals surface area contributed by atoms with Crippen LogP contribution >= 0.6 is 11.8 Å². The number of carbonyl (C=O) groups excluding carboxylic acids is 1. The van der Waals surface area contributed by atoms with E-state index in [0.29, 0.717) is 13.1 Å². The van der Waals surface area contributed by atoms with Crippen LogP contribution < -0.4 is 10.6 Å². The van der Waals surface area contributed by atoms with Crippen molar-refractivity contribution in [2.45, 2.75) is 37.4 Å². The van der Waals surface area contributed by atoms with Crippen LogP contribution in [0, 0.1) is 5.92 Å². The van der Waals surface area contributed by atoms with Crippen molar-refractivity contribution in [2.24, 2.45) is 5.92 Å². The van der Waals surface area contributed by atoms with Gasteiger partial charge in [0, 0.05) is 24.3 Å². The Balaban J connectivity index is 2.17. The van der Waals surface area contributed by atoms with Crippen LogP contribution in [0.25, 0.3) is 0 Å². The Hall–Kier alpha value is -0.910. The fourth-order valence-corrected chi connectivity index (χ4v) is 2.47. The highest BCUT2D eigenvalue weighted by Gasteiger charge is 2.41. The first-order valence-corrected chi connectivity index (χ1v) is 7.52. The Bertz CT molecular complexity index is 306. The first-order valence-electron chi connectivity index (χ1n) is 6.30. The van der Waals surface area contributed by atoms with Crippen LogP contribution in [-0.2, 0) is 4.79 Å². The Morgan fingerprint density at radius 1 is 1.39 bits per heavy atom. The summed E-state index contributed by atoms with van der Waals surface area (Å²) in [4.78, 5) is 22.1. The molecule has 1 atom stereocenters. The molecule has 104 valence electrons. The van der Waals surface area contributed by atoms with Gasteiger partial charge in [0.05, 0.1) is 0 Å². The summed E-state index contributed by atoms with van der Waals surface area (Å²) in [5.74, 6) is -0.813. The summed E-state index contributed by atoms with van der Waals surface area (Å²) in [6, 6.07) is -0.195. The van der Waals surface area contributed by atoms with Crippen LogP contribution in [0.15, 0.2) is 0 Å². The molecule has 0 aliphatic heterocycles. The van der Waals surface area contributed by atoms with Gasteiger partial charge in [-0.2, -0.15) is 11.8 Å². The van der Waals surface area contributed by atoms with Crippen molar-refractivity contribution in [2.75, 3.05) is 19.3 Å². The Kier molecular flexibility index (Phi) is 5.78. The van der Waals surface area contributed by atoms with Gasteiger partial charge < -0.3 is 15.7 Å².